The summed E-state index contributed by atoms with van der Waals surface area (Å²) in [5.74, 6) is 0. The number of hydrogen-bond acceptors (Lipinski definition) is 3. The number of benzene rings is 3. The van der Waals surface area contributed by atoms with Gasteiger partial charge in [0, 0.05) is 68.1 Å². The number of fused-ring (bicyclic) bond motifs is 1. The molecule has 3 aromatic carbocycles. The molecule has 0 amide bonds. The second kappa shape index (κ2) is 7.23. The smallest absolute Gasteiger partial charge is 0.295 e. The predicted molar refractivity (Wildman–Crippen MR) is 89.2 cm³/mol. The summed E-state index contributed by atoms with van der Waals surface area (Å²) < 4.78 is 32.6. The van der Waals surface area contributed by atoms with Crippen molar-refractivity contribution in [2.24, 2.45) is 0 Å². The van der Waals surface area contributed by atoms with Gasteiger partial charge in [0.2, 0.25) is 0 Å². The molecule has 22 heavy (non-hydrogen) atoms. The first-order valence-electron chi connectivity index (χ1n) is 6.37. The fourth-order valence-corrected chi connectivity index (χ4v) is 3.04. The van der Waals surface area contributed by atoms with E-state index in [9.17, 15) is 13.0 Å². The van der Waals surface area contributed by atoms with Gasteiger partial charge in [-0.1, -0.05) is 42.5 Å². The van der Waals surface area contributed by atoms with Crippen molar-refractivity contribution in [3.63, 3.8) is 0 Å². The zero-order chi connectivity index (χ0) is 14.9. The molecule has 1 radical (unpaired) electrons. The van der Waals surface area contributed by atoms with Gasteiger partial charge in [-0.3, -0.25) is 4.55 Å². The molecule has 0 saturated carbocycles. The Morgan fingerprint density at radius 2 is 1.45 bits per heavy atom. The molecular weight excluding hydrogens is 325 g/mol. The minimum absolute atomic E-state index is 0. The molecule has 0 fully saturated rings. The van der Waals surface area contributed by atoms with Crippen LogP contribution in [-0.2, 0) is 10.1 Å². The molecule has 0 saturated heterocycles. The summed E-state index contributed by atoms with van der Waals surface area (Å²) in [7, 11) is -4.28. The van der Waals surface area contributed by atoms with E-state index in [-0.39, 0.29) is 56.3 Å². The monoisotopic (exact) mass is 338 g/mol. The first-order valence-corrected chi connectivity index (χ1v) is 7.81. The second-order valence-electron chi connectivity index (χ2n) is 4.63. The van der Waals surface area contributed by atoms with Crippen molar-refractivity contribution in [1.82, 2.24) is 0 Å². The van der Waals surface area contributed by atoms with E-state index in [1.54, 1.807) is 24.3 Å². The minimum Gasteiger partial charge on any atom is -0.355 e. The molecule has 0 heterocycles. The second-order valence-corrected chi connectivity index (χ2v) is 6.02. The normalized spacial score (nSPS) is 11.0. The Bertz CT molecular complexity index is 890. The Labute approximate surface area is 171 Å². The Morgan fingerprint density at radius 3 is 2.09 bits per heavy atom. The van der Waals surface area contributed by atoms with Gasteiger partial charge in [-0.25, -0.2) is 0 Å². The number of hydrogen-bond donors (Lipinski definition) is 2. The van der Waals surface area contributed by atoms with E-state index >= 15 is 0 Å². The van der Waals surface area contributed by atoms with E-state index in [1.807, 2.05) is 36.4 Å². The zero-order valence-corrected chi connectivity index (χ0v) is 16.0. The fourth-order valence-electron chi connectivity index (χ4n) is 2.30. The van der Waals surface area contributed by atoms with E-state index in [1.165, 1.54) is 6.07 Å². The number of nitrogens with one attached hydrogen (secondary N) is 1. The van der Waals surface area contributed by atoms with Crippen LogP contribution in [0.2, 0.25) is 0 Å². The van der Waals surface area contributed by atoms with Gasteiger partial charge in [0.05, 0.1) is 0 Å². The average Bonchev–Trinajstić information content (AvgIpc) is 2.47. The summed E-state index contributed by atoms with van der Waals surface area (Å²) in [6, 6.07) is 19.7. The van der Waals surface area contributed by atoms with E-state index in [4.69, 9.17) is 0 Å². The van der Waals surface area contributed by atoms with Crippen molar-refractivity contribution in [3.8, 4) is 0 Å². The SMILES string of the molecule is O=S(=O)(O)c1cccc2cccc(Nc3ccccc3)c12.[K]. The van der Waals surface area contributed by atoms with Gasteiger partial charge in [0.25, 0.3) is 10.1 Å². The summed E-state index contributed by atoms with van der Waals surface area (Å²) in [6.45, 7) is 0. The topological polar surface area (TPSA) is 66.4 Å². The van der Waals surface area contributed by atoms with Gasteiger partial charge in [-0.15, -0.1) is 0 Å². The van der Waals surface area contributed by atoms with Gasteiger partial charge in [-0.05, 0) is 29.7 Å². The van der Waals surface area contributed by atoms with Gasteiger partial charge in [0.15, 0.2) is 0 Å². The van der Waals surface area contributed by atoms with Crippen LogP contribution in [0.15, 0.2) is 71.6 Å². The molecule has 107 valence electrons. The molecule has 0 atom stereocenters. The molecule has 3 aromatic rings. The van der Waals surface area contributed by atoms with E-state index in [0.717, 1.165) is 11.1 Å². The van der Waals surface area contributed by atoms with Crippen LogP contribution in [0.1, 0.15) is 0 Å². The summed E-state index contributed by atoms with van der Waals surface area (Å²) in [5, 5.41) is 4.40. The Hall–Kier alpha value is -0.734. The van der Waals surface area contributed by atoms with Crippen LogP contribution in [0.25, 0.3) is 10.8 Å². The predicted octanol–water partition coefficient (Wildman–Crippen LogP) is 3.45. The summed E-state index contributed by atoms with van der Waals surface area (Å²) >= 11 is 0. The van der Waals surface area contributed by atoms with Crippen molar-refractivity contribution in [2.75, 3.05) is 5.32 Å². The Morgan fingerprint density at radius 1 is 0.818 bits per heavy atom. The average molecular weight is 338 g/mol. The molecular formula is C16H13KNO3S. The Kier molecular flexibility index (Phi) is 5.79. The summed E-state index contributed by atoms with van der Waals surface area (Å²) in [6.07, 6.45) is 0. The quantitative estimate of drug-likeness (QED) is 0.567. The number of rotatable bonds is 3. The van der Waals surface area contributed by atoms with Crippen LogP contribution in [-0.4, -0.2) is 64.4 Å². The molecule has 0 spiro atoms. The molecule has 6 heteroatoms. The first kappa shape index (κ1) is 17.6. The van der Waals surface area contributed by atoms with Crippen LogP contribution >= 0.6 is 0 Å². The van der Waals surface area contributed by atoms with E-state index in [0.29, 0.717) is 11.1 Å². The molecule has 3 rings (SSSR count). The van der Waals surface area contributed by atoms with Crippen molar-refractivity contribution in [3.05, 3.63) is 66.7 Å². The maximum Gasteiger partial charge on any atom is 0.295 e. The third-order valence-corrected chi connectivity index (χ3v) is 4.09. The molecule has 0 aromatic heterocycles. The fraction of sp³-hybridized carbons (Fsp3) is 0. The summed E-state index contributed by atoms with van der Waals surface area (Å²) in [4.78, 5) is -0.0981. The molecule has 4 nitrogen and oxygen atoms in total. The number of para-hydroxylation sites is 1. The van der Waals surface area contributed by atoms with Crippen molar-refractivity contribution >= 4 is 83.6 Å². The van der Waals surface area contributed by atoms with E-state index in [2.05, 4.69) is 5.32 Å². The third-order valence-electron chi connectivity index (χ3n) is 3.20. The van der Waals surface area contributed by atoms with E-state index < -0.39 is 10.1 Å². The maximum absolute atomic E-state index is 11.6. The van der Waals surface area contributed by atoms with Crippen molar-refractivity contribution in [2.45, 2.75) is 4.90 Å². The van der Waals surface area contributed by atoms with Crippen LogP contribution in [0.5, 0.6) is 0 Å². The zero-order valence-electron chi connectivity index (χ0n) is 12.0. The first-order chi connectivity index (χ1) is 10.1. The van der Waals surface area contributed by atoms with Crippen LogP contribution in [0, 0.1) is 0 Å². The molecule has 0 aliphatic rings. The van der Waals surface area contributed by atoms with Gasteiger partial charge in [0.1, 0.15) is 4.90 Å². The van der Waals surface area contributed by atoms with Crippen LogP contribution < -0.4 is 5.32 Å². The maximum atomic E-state index is 11.6. The standard InChI is InChI=1S/C16H13NO3S.K/c18-21(19,20)15-11-5-7-12-6-4-10-14(16(12)15)17-13-8-2-1-3-9-13;/h1-11,17H,(H,18,19,20);. The van der Waals surface area contributed by atoms with Crippen LogP contribution in [0.4, 0.5) is 11.4 Å². The number of anilines is 2. The van der Waals surface area contributed by atoms with Crippen LogP contribution in [0.3, 0.4) is 0 Å². The van der Waals surface area contributed by atoms with Crippen molar-refractivity contribution in [1.29, 1.82) is 0 Å². The van der Waals surface area contributed by atoms with Gasteiger partial charge in [-0.2, -0.15) is 8.42 Å². The summed E-state index contributed by atoms with van der Waals surface area (Å²) in [5.41, 5.74) is 1.47. The van der Waals surface area contributed by atoms with Gasteiger partial charge >= 0.3 is 0 Å². The van der Waals surface area contributed by atoms with Crippen molar-refractivity contribution < 1.29 is 13.0 Å². The molecule has 2 N–H and O–H groups in total. The molecule has 0 unspecified atom stereocenters. The van der Waals surface area contributed by atoms with Gasteiger partial charge < -0.3 is 5.32 Å². The third kappa shape index (κ3) is 3.77. The minimum atomic E-state index is -4.28. The molecule has 0 bridgehead atoms. The largest absolute Gasteiger partial charge is 0.355 e. The molecule has 0 aliphatic carbocycles. The Balaban J connectivity index is 0.00000176. The molecule has 0 aliphatic heterocycles.